The van der Waals surface area contributed by atoms with Gasteiger partial charge in [0.15, 0.2) is 0 Å². The van der Waals surface area contributed by atoms with Crippen LogP contribution in [0.3, 0.4) is 0 Å². The van der Waals surface area contributed by atoms with Crippen molar-refractivity contribution in [2.45, 2.75) is 36.6 Å². The monoisotopic (exact) mass is 287 g/mol. The second kappa shape index (κ2) is 8.53. The maximum Gasteiger partial charge on any atom is 0.123 e. The molecule has 0 radical (unpaired) electrons. The summed E-state index contributed by atoms with van der Waals surface area (Å²) in [5, 5.41) is 12.8. The summed E-state index contributed by atoms with van der Waals surface area (Å²) in [6.45, 7) is 5.67. The van der Waals surface area contributed by atoms with Crippen molar-refractivity contribution in [2.75, 3.05) is 20.3 Å². The van der Waals surface area contributed by atoms with Gasteiger partial charge in [-0.2, -0.15) is 0 Å². The Morgan fingerprint density at radius 1 is 1.42 bits per heavy atom. The Morgan fingerprint density at radius 2 is 2.16 bits per heavy atom. The number of hydrogen-bond donors (Lipinski definition) is 2. The van der Waals surface area contributed by atoms with Crippen LogP contribution < -0.4 is 5.32 Å². The van der Waals surface area contributed by atoms with Gasteiger partial charge in [0.05, 0.1) is 12.7 Å². The third-order valence-corrected chi connectivity index (χ3v) is 4.23. The summed E-state index contributed by atoms with van der Waals surface area (Å²) >= 11 is 1.56. The van der Waals surface area contributed by atoms with E-state index in [1.54, 1.807) is 31.9 Å². The molecule has 1 aromatic rings. The second-order valence-corrected chi connectivity index (χ2v) is 5.90. The van der Waals surface area contributed by atoms with Gasteiger partial charge in [0.25, 0.3) is 0 Å². The molecule has 0 heterocycles. The van der Waals surface area contributed by atoms with Crippen LogP contribution >= 0.6 is 11.8 Å². The van der Waals surface area contributed by atoms with E-state index in [-0.39, 0.29) is 11.1 Å². The summed E-state index contributed by atoms with van der Waals surface area (Å²) in [6.07, 6.45) is -0.399. The molecule has 3 nitrogen and oxygen atoms in total. The number of hydrogen-bond acceptors (Lipinski definition) is 4. The molecular weight excluding hydrogens is 265 g/mol. The molecule has 1 aromatic carbocycles. The quantitative estimate of drug-likeness (QED) is 0.569. The lowest BCUT2D eigenvalue weighted by molar-refractivity contribution is 0.196. The number of thioether (sulfide) groups is 1. The molecule has 2 atom stereocenters. The van der Waals surface area contributed by atoms with Crippen LogP contribution in [-0.4, -0.2) is 36.7 Å². The van der Waals surface area contributed by atoms with Gasteiger partial charge >= 0.3 is 0 Å². The van der Waals surface area contributed by atoms with E-state index < -0.39 is 6.10 Å². The first-order valence-electron chi connectivity index (χ1n) is 6.37. The predicted molar refractivity (Wildman–Crippen MR) is 77.0 cm³/mol. The van der Waals surface area contributed by atoms with Crippen LogP contribution in [0.1, 0.15) is 19.4 Å². The molecule has 0 saturated heterocycles. The Morgan fingerprint density at radius 3 is 2.79 bits per heavy atom. The number of nitrogens with one attached hydrogen (secondary N) is 1. The molecular formula is C14H22FNO2S. The van der Waals surface area contributed by atoms with Crippen molar-refractivity contribution >= 4 is 11.8 Å². The molecule has 1 rings (SSSR count). The Bertz CT molecular complexity index is 388. The number of rotatable bonds is 8. The first-order chi connectivity index (χ1) is 9.04. The van der Waals surface area contributed by atoms with Gasteiger partial charge in [0, 0.05) is 30.3 Å². The molecule has 0 aliphatic carbocycles. The maximum absolute atomic E-state index is 13.3. The van der Waals surface area contributed by atoms with Crippen molar-refractivity contribution < 1.29 is 14.2 Å². The SMILES string of the molecule is COCCNCc1cc(F)ccc1SC(C)C(C)O. The van der Waals surface area contributed by atoms with Crippen LogP contribution in [0.2, 0.25) is 0 Å². The van der Waals surface area contributed by atoms with E-state index >= 15 is 0 Å². The Balaban J connectivity index is 2.68. The molecule has 2 unspecified atom stereocenters. The molecule has 0 fully saturated rings. The fourth-order valence-corrected chi connectivity index (χ4v) is 2.52. The van der Waals surface area contributed by atoms with Gasteiger partial charge in [-0.25, -0.2) is 4.39 Å². The van der Waals surface area contributed by atoms with Gasteiger partial charge < -0.3 is 15.2 Å². The Kier molecular flexibility index (Phi) is 7.38. The highest BCUT2D eigenvalue weighted by Crippen LogP contribution is 2.29. The van der Waals surface area contributed by atoms with Crippen LogP contribution in [0.25, 0.3) is 0 Å². The van der Waals surface area contributed by atoms with Crippen molar-refractivity contribution in [1.29, 1.82) is 0 Å². The van der Waals surface area contributed by atoms with E-state index in [0.29, 0.717) is 13.2 Å². The van der Waals surface area contributed by atoms with Crippen LogP contribution in [0, 0.1) is 5.82 Å². The highest BCUT2D eigenvalue weighted by Gasteiger charge is 2.13. The lowest BCUT2D eigenvalue weighted by Gasteiger charge is -2.17. The third-order valence-electron chi connectivity index (χ3n) is 2.81. The fraction of sp³-hybridized carbons (Fsp3) is 0.571. The van der Waals surface area contributed by atoms with Crippen molar-refractivity contribution in [1.82, 2.24) is 5.32 Å². The van der Waals surface area contributed by atoms with E-state index in [9.17, 15) is 9.50 Å². The van der Waals surface area contributed by atoms with Crippen LogP contribution in [0.15, 0.2) is 23.1 Å². The number of benzene rings is 1. The third kappa shape index (κ3) is 5.91. The Labute approximate surface area is 118 Å². The normalized spacial score (nSPS) is 14.4. The number of halogens is 1. The summed E-state index contributed by atoms with van der Waals surface area (Å²) in [5.74, 6) is -0.238. The lowest BCUT2D eigenvalue weighted by Crippen LogP contribution is -2.20. The molecule has 0 aromatic heterocycles. The molecule has 0 amide bonds. The van der Waals surface area contributed by atoms with Crippen LogP contribution in [-0.2, 0) is 11.3 Å². The number of aliphatic hydroxyl groups is 1. The average Bonchev–Trinajstić information content (AvgIpc) is 2.37. The minimum atomic E-state index is -0.399. The standard InChI is InChI=1S/C14H22FNO2S/c1-10(17)11(2)19-14-5-4-13(15)8-12(14)9-16-6-7-18-3/h4-5,8,10-11,16-17H,6-7,9H2,1-3H3. The topological polar surface area (TPSA) is 41.5 Å². The molecule has 19 heavy (non-hydrogen) atoms. The summed E-state index contributed by atoms with van der Waals surface area (Å²) in [7, 11) is 1.65. The molecule has 0 aliphatic heterocycles. The largest absolute Gasteiger partial charge is 0.392 e. The molecule has 5 heteroatoms. The maximum atomic E-state index is 13.3. The van der Waals surface area contributed by atoms with Crippen molar-refractivity contribution in [3.05, 3.63) is 29.6 Å². The van der Waals surface area contributed by atoms with E-state index in [0.717, 1.165) is 17.0 Å². The molecule has 0 spiro atoms. The fourth-order valence-electron chi connectivity index (χ4n) is 1.50. The van der Waals surface area contributed by atoms with Crippen LogP contribution in [0.4, 0.5) is 4.39 Å². The van der Waals surface area contributed by atoms with E-state index in [1.165, 1.54) is 12.1 Å². The Hall–Kier alpha value is -0.620. The van der Waals surface area contributed by atoms with Gasteiger partial charge in [-0.3, -0.25) is 0 Å². The van der Waals surface area contributed by atoms with Gasteiger partial charge in [-0.05, 0) is 30.7 Å². The number of aliphatic hydroxyl groups excluding tert-OH is 1. The smallest absolute Gasteiger partial charge is 0.123 e. The number of ether oxygens (including phenoxy) is 1. The lowest BCUT2D eigenvalue weighted by atomic mass is 10.2. The van der Waals surface area contributed by atoms with Crippen LogP contribution in [0.5, 0.6) is 0 Å². The molecule has 0 saturated carbocycles. The zero-order valence-electron chi connectivity index (χ0n) is 11.6. The summed E-state index contributed by atoms with van der Waals surface area (Å²) in [6, 6.07) is 4.76. The van der Waals surface area contributed by atoms with Gasteiger partial charge in [0.1, 0.15) is 5.82 Å². The highest BCUT2D eigenvalue weighted by atomic mass is 32.2. The van der Waals surface area contributed by atoms with Crippen molar-refractivity contribution in [3.8, 4) is 0 Å². The summed E-state index contributed by atoms with van der Waals surface area (Å²) in [5.41, 5.74) is 0.911. The molecule has 108 valence electrons. The number of methoxy groups -OCH3 is 1. The minimum Gasteiger partial charge on any atom is -0.392 e. The molecule has 2 N–H and O–H groups in total. The van der Waals surface area contributed by atoms with Crippen molar-refractivity contribution in [3.63, 3.8) is 0 Å². The zero-order chi connectivity index (χ0) is 14.3. The molecule has 0 aliphatic rings. The average molecular weight is 287 g/mol. The summed E-state index contributed by atoms with van der Waals surface area (Å²) < 4.78 is 18.3. The minimum absolute atomic E-state index is 0.0724. The van der Waals surface area contributed by atoms with Crippen molar-refractivity contribution in [2.24, 2.45) is 0 Å². The summed E-state index contributed by atoms with van der Waals surface area (Å²) in [4.78, 5) is 1.000. The van der Waals surface area contributed by atoms with E-state index in [4.69, 9.17) is 4.74 Å². The van der Waals surface area contributed by atoms with Gasteiger partial charge in [-0.15, -0.1) is 11.8 Å². The van der Waals surface area contributed by atoms with E-state index in [1.807, 2.05) is 6.92 Å². The zero-order valence-corrected chi connectivity index (χ0v) is 12.5. The first-order valence-corrected chi connectivity index (χ1v) is 7.25. The molecule has 0 bridgehead atoms. The highest BCUT2D eigenvalue weighted by molar-refractivity contribution is 8.00. The first kappa shape index (κ1) is 16.4. The van der Waals surface area contributed by atoms with Gasteiger partial charge in [-0.1, -0.05) is 6.92 Å². The predicted octanol–water partition coefficient (Wildman–Crippen LogP) is 2.42. The second-order valence-electron chi connectivity index (χ2n) is 4.49. The van der Waals surface area contributed by atoms with E-state index in [2.05, 4.69) is 5.32 Å². The van der Waals surface area contributed by atoms with Gasteiger partial charge in [0.2, 0.25) is 0 Å².